The van der Waals surface area contributed by atoms with Gasteiger partial charge in [-0.1, -0.05) is 0 Å². The van der Waals surface area contributed by atoms with Crippen LogP contribution < -0.4 is 0 Å². The van der Waals surface area contributed by atoms with Crippen molar-refractivity contribution in [3.63, 3.8) is 0 Å². The van der Waals surface area contributed by atoms with Crippen LogP contribution >= 0.6 is 0 Å². The van der Waals surface area contributed by atoms with E-state index in [0.29, 0.717) is 0 Å². The minimum absolute atomic E-state index is 0.0972. The molecule has 0 spiro atoms. The van der Waals surface area contributed by atoms with E-state index in [1.807, 2.05) is 0 Å². The zero-order valence-electron chi connectivity index (χ0n) is 5.86. The molecule has 7 heavy (non-hydrogen) atoms. The molecule has 0 aromatic rings. The van der Waals surface area contributed by atoms with E-state index in [0.717, 1.165) is 9.02 Å². The van der Waals surface area contributed by atoms with Crippen LogP contribution in [0.15, 0.2) is 0 Å². The fraction of sp³-hybridized carbons (Fsp3) is 1.00. The molecule has 0 aromatic heterocycles. The molecule has 0 rings (SSSR count). The molecule has 0 saturated carbocycles. The van der Waals surface area contributed by atoms with Crippen LogP contribution in [0.4, 0.5) is 0 Å². The summed E-state index contributed by atoms with van der Waals surface area (Å²) < 4.78 is 2.12. The van der Waals surface area contributed by atoms with Gasteiger partial charge in [0.25, 0.3) is 0 Å². The molecule has 40 valence electrons. The number of hydrogen-bond donors (Lipinski definition) is 0. The van der Waals surface area contributed by atoms with Crippen molar-refractivity contribution in [3.8, 4) is 0 Å². The standard InChI is InChI=1S/2C3H7.Zn/c2*1-3-2;/h2*3H,1-2H3;. The Morgan fingerprint density at radius 1 is 0.857 bits per heavy atom. The third kappa shape index (κ3) is 6.62. The first-order valence-electron chi connectivity index (χ1n) is 3.13. The quantitative estimate of drug-likeness (QED) is 0.533. The molecular formula is C6H14Zn. The second-order valence-electron chi connectivity index (χ2n) is 3.02. The Morgan fingerprint density at radius 2 is 1.14 bits per heavy atom. The van der Waals surface area contributed by atoms with Gasteiger partial charge in [0.05, 0.1) is 0 Å². The zero-order valence-corrected chi connectivity index (χ0v) is 8.83. The Kier molecular flexibility index (Phi) is 3.92. The molecule has 0 heterocycles. The third-order valence-electron chi connectivity index (χ3n) is 0.943. The van der Waals surface area contributed by atoms with Crippen molar-refractivity contribution < 1.29 is 17.1 Å². The SMILES string of the molecule is C[CH](C)[Zn][CH](C)C. The number of rotatable bonds is 2. The van der Waals surface area contributed by atoms with Crippen molar-refractivity contribution in [2.45, 2.75) is 36.7 Å². The topological polar surface area (TPSA) is 0 Å². The molecule has 0 aliphatic rings. The summed E-state index contributed by atoms with van der Waals surface area (Å²) in [6, 6.07) is 0. The second kappa shape index (κ2) is 3.60. The predicted molar refractivity (Wildman–Crippen MR) is 30.2 cm³/mol. The van der Waals surface area contributed by atoms with Crippen molar-refractivity contribution >= 4 is 0 Å². The van der Waals surface area contributed by atoms with Gasteiger partial charge in [-0.2, -0.15) is 0 Å². The molecule has 0 atom stereocenters. The van der Waals surface area contributed by atoms with E-state index in [2.05, 4.69) is 27.7 Å². The van der Waals surface area contributed by atoms with Gasteiger partial charge < -0.3 is 0 Å². The second-order valence-corrected chi connectivity index (χ2v) is 10.9. The van der Waals surface area contributed by atoms with Crippen molar-refractivity contribution in [3.05, 3.63) is 0 Å². The van der Waals surface area contributed by atoms with E-state index in [9.17, 15) is 0 Å². The molecule has 0 aliphatic carbocycles. The average Bonchev–Trinajstić information content (AvgIpc) is 1.27. The van der Waals surface area contributed by atoms with Gasteiger partial charge in [-0.25, -0.2) is 0 Å². The summed E-state index contributed by atoms with van der Waals surface area (Å²) in [5.41, 5.74) is 0. The molecule has 0 fully saturated rings. The van der Waals surface area contributed by atoms with Crippen molar-refractivity contribution in [2.24, 2.45) is 0 Å². The first kappa shape index (κ1) is 7.62. The van der Waals surface area contributed by atoms with Crippen LogP contribution in [-0.2, 0) is 17.1 Å². The number of hydrogen-bond acceptors (Lipinski definition) is 0. The Hall–Kier alpha value is 0.623. The maximum absolute atomic E-state index is 2.35. The molecule has 0 radical (unpaired) electrons. The van der Waals surface area contributed by atoms with Gasteiger partial charge in [0.1, 0.15) is 0 Å². The van der Waals surface area contributed by atoms with Crippen LogP contribution in [0.25, 0.3) is 0 Å². The Morgan fingerprint density at radius 3 is 1.14 bits per heavy atom. The fourth-order valence-electron chi connectivity index (χ4n) is 0.943. The summed E-state index contributed by atoms with van der Waals surface area (Å²) in [7, 11) is 0. The van der Waals surface area contributed by atoms with Crippen LogP contribution in [0.1, 0.15) is 27.7 Å². The fourth-order valence-corrected chi connectivity index (χ4v) is 4.90. The third-order valence-corrected chi connectivity index (χ3v) is 4.90. The van der Waals surface area contributed by atoms with Crippen LogP contribution in [0.2, 0.25) is 9.02 Å². The first-order valence-corrected chi connectivity index (χ1v) is 6.55. The van der Waals surface area contributed by atoms with E-state index in [-0.39, 0.29) is 17.1 Å². The summed E-state index contributed by atoms with van der Waals surface area (Å²) >= 11 is -0.0972. The van der Waals surface area contributed by atoms with Gasteiger partial charge in [0.15, 0.2) is 0 Å². The maximum atomic E-state index is 2.35. The van der Waals surface area contributed by atoms with Gasteiger partial charge in [-0.05, 0) is 0 Å². The van der Waals surface area contributed by atoms with Crippen LogP contribution in [-0.4, -0.2) is 0 Å². The Balaban J connectivity index is 2.95. The van der Waals surface area contributed by atoms with E-state index in [1.165, 1.54) is 0 Å². The van der Waals surface area contributed by atoms with E-state index < -0.39 is 0 Å². The van der Waals surface area contributed by atoms with Gasteiger partial charge in [-0.15, -0.1) is 0 Å². The van der Waals surface area contributed by atoms with E-state index >= 15 is 0 Å². The Labute approximate surface area is 54.3 Å². The monoisotopic (exact) mass is 150 g/mol. The molecule has 0 nitrogen and oxygen atoms in total. The van der Waals surface area contributed by atoms with Crippen molar-refractivity contribution in [1.82, 2.24) is 0 Å². The van der Waals surface area contributed by atoms with Crippen LogP contribution in [0.3, 0.4) is 0 Å². The molecule has 0 aliphatic heterocycles. The predicted octanol–water partition coefficient (Wildman–Crippen LogP) is 2.73. The molecule has 0 bridgehead atoms. The van der Waals surface area contributed by atoms with E-state index in [1.54, 1.807) is 0 Å². The van der Waals surface area contributed by atoms with Gasteiger partial charge in [-0.3, -0.25) is 0 Å². The summed E-state index contributed by atoms with van der Waals surface area (Å²) in [6.45, 7) is 9.39. The van der Waals surface area contributed by atoms with Gasteiger partial charge in [0.2, 0.25) is 0 Å². The zero-order chi connectivity index (χ0) is 5.86. The molecule has 0 amide bonds. The normalized spacial score (nSPS) is 10.0. The molecule has 0 aromatic carbocycles. The summed E-state index contributed by atoms with van der Waals surface area (Å²) in [6.07, 6.45) is 0. The van der Waals surface area contributed by atoms with Gasteiger partial charge >= 0.3 is 53.8 Å². The molecule has 0 N–H and O–H groups in total. The summed E-state index contributed by atoms with van der Waals surface area (Å²) in [5, 5.41) is 0. The van der Waals surface area contributed by atoms with Crippen LogP contribution in [0.5, 0.6) is 0 Å². The summed E-state index contributed by atoms with van der Waals surface area (Å²) in [5.74, 6) is 0. The Bertz CT molecular complexity index is 33.4. The van der Waals surface area contributed by atoms with Crippen molar-refractivity contribution in [1.29, 1.82) is 0 Å². The molecule has 0 unspecified atom stereocenters. The van der Waals surface area contributed by atoms with E-state index in [4.69, 9.17) is 0 Å². The first-order chi connectivity index (χ1) is 3.13. The minimum atomic E-state index is -0.0972. The summed E-state index contributed by atoms with van der Waals surface area (Å²) in [4.78, 5) is 0. The average molecular weight is 152 g/mol. The molecular weight excluding hydrogens is 137 g/mol. The van der Waals surface area contributed by atoms with Crippen LogP contribution in [0, 0.1) is 0 Å². The molecule has 0 saturated heterocycles. The molecule has 1 heteroatoms. The van der Waals surface area contributed by atoms with Crippen molar-refractivity contribution in [2.75, 3.05) is 0 Å². The van der Waals surface area contributed by atoms with Gasteiger partial charge in [0, 0.05) is 0 Å².